The molecule has 2 nitrogen and oxygen atoms in total. The van der Waals surface area contributed by atoms with Gasteiger partial charge in [0.1, 0.15) is 11.5 Å². The predicted molar refractivity (Wildman–Crippen MR) is 101 cm³/mol. The van der Waals surface area contributed by atoms with Gasteiger partial charge in [0.05, 0.1) is 6.61 Å². The highest BCUT2D eigenvalue weighted by Crippen LogP contribution is 2.30. The maximum absolute atomic E-state index is 10.2. The topological polar surface area (TPSA) is 29.5 Å². The lowest BCUT2D eigenvalue weighted by Gasteiger charge is -2.19. The van der Waals surface area contributed by atoms with Crippen molar-refractivity contribution in [1.82, 2.24) is 0 Å². The minimum absolute atomic E-state index is 0.234. The molecule has 0 fully saturated rings. The molecule has 0 aromatic heterocycles. The maximum Gasteiger partial charge on any atom is 0.119 e. The van der Waals surface area contributed by atoms with Crippen LogP contribution in [-0.4, -0.2) is 11.7 Å². The fourth-order valence-corrected chi connectivity index (χ4v) is 3.05. The van der Waals surface area contributed by atoms with Crippen molar-refractivity contribution in [2.24, 2.45) is 0 Å². The largest absolute Gasteiger partial charge is 0.508 e. The molecule has 0 radical (unpaired) electrons. The number of phenolic OH excluding ortho intramolecular Hbond substituents is 1. The van der Waals surface area contributed by atoms with E-state index < -0.39 is 0 Å². The first kappa shape index (κ1) is 18.4. The zero-order chi connectivity index (χ0) is 17.0. The Morgan fingerprint density at radius 1 is 0.833 bits per heavy atom. The molecule has 130 valence electrons. The molecule has 2 rings (SSSR count). The Kier molecular flexibility index (Phi) is 8.23. The maximum atomic E-state index is 10.2. The molecule has 2 aromatic rings. The number of benzene rings is 2. The summed E-state index contributed by atoms with van der Waals surface area (Å²) in [5.41, 5.74) is 1.00. The molecular weight excluding hydrogens is 296 g/mol. The van der Waals surface area contributed by atoms with Crippen molar-refractivity contribution >= 4 is 0 Å². The van der Waals surface area contributed by atoms with Gasteiger partial charge in [-0.05, 0) is 24.6 Å². The first-order chi connectivity index (χ1) is 11.8. The van der Waals surface area contributed by atoms with E-state index >= 15 is 0 Å². The van der Waals surface area contributed by atoms with Crippen LogP contribution >= 0.6 is 0 Å². The van der Waals surface area contributed by atoms with E-state index in [1.54, 1.807) is 6.07 Å². The van der Waals surface area contributed by atoms with Gasteiger partial charge in [0.25, 0.3) is 0 Å². The van der Waals surface area contributed by atoms with Crippen LogP contribution in [0.3, 0.4) is 0 Å². The molecule has 0 bridgehead atoms. The van der Waals surface area contributed by atoms with E-state index in [9.17, 15) is 5.11 Å². The van der Waals surface area contributed by atoms with Gasteiger partial charge < -0.3 is 9.84 Å². The Morgan fingerprint density at radius 2 is 1.50 bits per heavy atom. The van der Waals surface area contributed by atoms with E-state index in [4.69, 9.17) is 4.74 Å². The minimum atomic E-state index is 0.234. The van der Waals surface area contributed by atoms with Gasteiger partial charge in [-0.15, -0.1) is 0 Å². The summed E-state index contributed by atoms with van der Waals surface area (Å²) in [6, 6.07) is 17.6. The van der Waals surface area contributed by atoms with Crippen molar-refractivity contribution in [3.05, 3.63) is 60.2 Å². The van der Waals surface area contributed by atoms with E-state index in [2.05, 4.69) is 6.92 Å². The fourth-order valence-electron chi connectivity index (χ4n) is 3.05. The summed E-state index contributed by atoms with van der Waals surface area (Å²) in [7, 11) is 0. The molecular formula is C22H30O2. The number of hydrogen-bond donors (Lipinski definition) is 1. The van der Waals surface area contributed by atoms with Gasteiger partial charge in [-0.3, -0.25) is 0 Å². The molecule has 0 amide bonds. The van der Waals surface area contributed by atoms with Gasteiger partial charge in [-0.1, -0.05) is 81.8 Å². The molecule has 0 saturated heterocycles. The zero-order valence-electron chi connectivity index (χ0n) is 14.8. The molecule has 0 aliphatic carbocycles. The van der Waals surface area contributed by atoms with Crippen LogP contribution in [0.4, 0.5) is 0 Å². The molecule has 1 unspecified atom stereocenters. The highest BCUT2D eigenvalue weighted by molar-refractivity contribution is 5.35. The van der Waals surface area contributed by atoms with E-state index in [1.807, 2.05) is 48.5 Å². The monoisotopic (exact) mass is 326 g/mol. The lowest BCUT2D eigenvalue weighted by molar-refractivity contribution is 0.275. The summed E-state index contributed by atoms with van der Waals surface area (Å²) < 4.78 is 5.96. The minimum Gasteiger partial charge on any atom is -0.508 e. The lowest BCUT2D eigenvalue weighted by atomic mass is 9.92. The van der Waals surface area contributed by atoms with Gasteiger partial charge in [0.2, 0.25) is 0 Å². The highest BCUT2D eigenvalue weighted by atomic mass is 16.5. The number of ether oxygens (including phenoxy) is 1. The van der Waals surface area contributed by atoms with E-state index in [0.717, 1.165) is 17.7 Å². The molecule has 0 spiro atoms. The number of unbranched alkanes of at least 4 members (excludes halogenated alkanes) is 5. The average molecular weight is 326 g/mol. The second-order valence-electron chi connectivity index (χ2n) is 6.44. The highest BCUT2D eigenvalue weighted by Gasteiger charge is 2.16. The van der Waals surface area contributed by atoms with E-state index in [-0.39, 0.29) is 5.92 Å². The molecule has 1 atom stereocenters. The van der Waals surface area contributed by atoms with Crippen molar-refractivity contribution in [2.45, 2.75) is 57.8 Å². The van der Waals surface area contributed by atoms with Crippen molar-refractivity contribution in [3.63, 3.8) is 0 Å². The van der Waals surface area contributed by atoms with Crippen molar-refractivity contribution in [1.29, 1.82) is 0 Å². The van der Waals surface area contributed by atoms with Crippen LogP contribution in [0.5, 0.6) is 11.5 Å². The Labute approximate surface area is 146 Å². The number of aromatic hydroxyl groups is 1. The zero-order valence-corrected chi connectivity index (χ0v) is 14.8. The first-order valence-corrected chi connectivity index (χ1v) is 9.27. The number of para-hydroxylation sites is 2. The van der Waals surface area contributed by atoms with Crippen LogP contribution in [0, 0.1) is 0 Å². The summed E-state index contributed by atoms with van der Waals surface area (Å²) in [6.07, 6.45) is 8.75. The molecule has 0 heterocycles. The third-order valence-electron chi connectivity index (χ3n) is 4.48. The second kappa shape index (κ2) is 10.7. The molecule has 0 aliphatic rings. The van der Waals surface area contributed by atoms with Crippen LogP contribution in [0.15, 0.2) is 54.6 Å². The van der Waals surface area contributed by atoms with Gasteiger partial charge in [0.15, 0.2) is 0 Å². The average Bonchev–Trinajstić information content (AvgIpc) is 2.62. The van der Waals surface area contributed by atoms with Crippen LogP contribution in [0.25, 0.3) is 0 Å². The third kappa shape index (κ3) is 6.27. The van der Waals surface area contributed by atoms with Gasteiger partial charge in [0, 0.05) is 11.5 Å². The SMILES string of the molecule is CCCCCCCCC(COc1ccccc1)c1ccccc1O. The smallest absolute Gasteiger partial charge is 0.119 e. The lowest BCUT2D eigenvalue weighted by Crippen LogP contribution is -2.11. The van der Waals surface area contributed by atoms with Crippen molar-refractivity contribution in [3.8, 4) is 11.5 Å². The van der Waals surface area contributed by atoms with Crippen LogP contribution in [-0.2, 0) is 0 Å². The quantitative estimate of drug-likeness (QED) is 0.491. The molecule has 0 aliphatic heterocycles. The van der Waals surface area contributed by atoms with E-state index in [0.29, 0.717) is 12.4 Å². The summed E-state index contributed by atoms with van der Waals surface area (Å²) >= 11 is 0. The molecule has 1 N–H and O–H groups in total. The van der Waals surface area contributed by atoms with Crippen LogP contribution < -0.4 is 4.74 Å². The van der Waals surface area contributed by atoms with Crippen LogP contribution in [0.2, 0.25) is 0 Å². The molecule has 2 heteroatoms. The Morgan fingerprint density at radius 3 is 2.25 bits per heavy atom. The normalized spacial score (nSPS) is 12.0. The number of rotatable bonds is 11. The number of hydrogen-bond acceptors (Lipinski definition) is 2. The predicted octanol–water partition coefficient (Wildman–Crippen LogP) is 6.31. The Bertz CT molecular complexity index is 565. The molecule has 24 heavy (non-hydrogen) atoms. The fraction of sp³-hybridized carbons (Fsp3) is 0.455. The summed E-state index contributed by atoms with van der Waals surface area (Å²) in [6.45, 7) is 2.85. The van der Waals surface area contributed by atoms with Gasteiger partial charge in [-0.2, -0.15) is 0 Å². The molecule has 2 aromatic carbocycles. The van der Waals surface area contributed by atoms with E-state index in [1.165, 1.54) is 38.5 Å². The summed E-state index contributed by atoms with van der Waals surface area (Å²) in [4.78, 5) is 0. The first-order valence-electron chi connectivity index (χ1n) is 9.27. The van der Waals surface area contributed by atoms with Crippen molar-refractivity contribution in [2.75, 3.05) is 6.61 Å². The molecule has 0 saturated carbocycles. The third-order valence-corrected chi connectivity index (χ3v) is 4.48. The summed E-state index contributed by atoms with van der Waals surface area (Å²) in [5, 5.41) is 10.2. The van der Waals surface area contributed by atoms with Crippen molar-refractivity contribution < 1.29 is 9.84 Å². The standard InChI is InChI=1S/C22H30O2/c1-2-3-4-5-6-8-13-19(21-16-11-12-17-22(21)23)18-24-20-14-9-7-10-15-20/h7,9-12,14-17,19,23H,2-6,8,13,18H2,1H3. The Hall–Kier alpha value is -1.96. The number of phenols is 1. The summed E-state index contributed by atoms with van der Waals surface area (Å²) in [5.74, 6) is 1.50. The Balaban J connectivity index is 1.90. The van der Waals surface area contributed by atoms with Gasteiger partial charge in [-0.25, -0.2) is 0 Å². The van der Waals surface area contributed by atoms with Gasteiger partial charge >= 0.3 is 0 Å². The second-order valence-corrected chi connectivity index (χ2v) is 6.44. The van der Waals surface area contributed by atoms with Crippen LogP contribution in [0.1, 0.15) is 63.4 Å².